The molecule has 7 heteroatoms. The number of piperidine rings is 1. The quantitative estimate of drug-likeness (QED) is 0.704. The molecular formula is C24H24N4O3. The van der Waals surface area contributed by atoms with Crippen molar-refractivity contribution in [2.24, 2.45) is 0 Å². The van der Waals surface area contributed by atoms with E-state index >= 15 is 0 Å². The lowest BCUT2D eigenvalue weighted by Crippen LogP contribution is -2.41. The molecule has 6 rings (SSSR count). The van der Waals surface area contributed by atoms with Crippen LogP contribution in [0.1, 0.15) is 33.9 Å². The molecule has 3 saturated heterocycles. The summed E-state index contributed by atoms with van der Waals surface area (Å²) in [5.41, 5.74) is 1.87. The Kier molecular flexibility index (Phi) is 5.26. The lowest BCUT2D eigenvalue weighted by atomic mass is 10.1. The van der Waals surface area contributed by atoms with E-state index in [9.17, 15) is 9.59 Å². The zero-order chi connectivity index (χ0) is 21.2. The van der Waals surface area contributed by atoms with Gasteiger partial charge in [-0.15, -0.1) is 0 Å². The predicted octanol–water partition coefficient (Wildman–Crippen LogP) is 3.51. The van der Waals surface area contributed by atoms with Crippen molar-refractivity contribution in [1.29, 1.82) is 0 Å². The number of hydrogen-bond acceptors (Lipinski definition) is 5. The van der Waals surface area contributed by atoms with Crippen LogP contribution in [0.3, 0.4) is 0 Å². The average molecular weight is 416 g/mol. The fraction of sp³-hybridized carbons (Fsp3) is 0.292. The van der Waals surface area contributed by atoms with Crippen LogP contribution in [0.25, 0.3) is 11.3 Å². The van der Waals surface area contributed by atoms with Gasteiger partial charge in [-0.1, -0.05) is 6.07 Å². The third-order valence-corrected chi connectivity index (χ3v) is 6.06. The summed E-state index contributed by atoms with van der Waals surface area (Å²) >= 11 is 0. The van der Waals surface area contributed by atoms with E-state index in [1.54, 1.807) is 30.5 Å². The standard InChI is InChI=1S/C24H24N4O3/c29-23(20-3-1-2-12-25-20)26-18-6-4-17(5-7-18)21-8-9-22(31-21)24(30)28-16-15-27-13-10-19(28)11-14-27/h1-9,12,19H,10-11,13-16H2,(H,26,29). The molecule has 2 amide bonds. The minimum Gasteiger partial charge on any atom is -0.451 e. The van der Waals surface area contributed by atoms with Gasteiger partial charge < -0.3 is 19.5 Å². The second-order valence-electron chi connectivity index (χ2n) is 7.98. The van der Waals surface area contributed by atoms with Crippen LogP contribution in [-0.2, 0) is 0 Å². The van der Waals surface area contributed by atoms with Crippen molar-refractivity contribution in [3.8, 4) is 11.3 Å². The maximum absolute atomic E-state index is 13.1. The summed E-state index contributed by atoms with van der Waals surface area (Å²) in [6.07, 6.45) is 3.65. The van der Waals surface area contributed by atoms with Gasteiger partial charge in [0.25, 0.3) is 11.8 Å². The van der Waals surface area contributed by atoms with Crippen LogP contribution in [-0.4, -0.2) is 58.8 Å². The van der Waals surface area contributed by atoms with Crippen LogP contribution >= 0.6 is 0 Å². The number of benzene rings is 1. The molecule has 3 fully saturated rings. The molecule has 2 bridgehead atoms. The highest BCUT2D eigenvalue weighted by atomic mass is 16.4. The number of furan rings is 1. The molecule has 0 spiro atoms. The number of nitrogens with zero attached hydrogens (tertiary/aromatic N) is 3. The van der Waals surface area contributed by atoms with E-state index in [1.165, 1.54) is 0 Å². The molecular weight excluding hydrogens is 392 g/mol. The number of fused-ring (bicyclic) bond motifs is 4. The van der Waals surface area contributed by atoms with E-state index in [-0.39, 0.29) is 11.8 Å². The van der Waals surface area contributed by atoms with Crippen LogP contribution < -0.4 is 5.32 Å². The normalized spacial score (nSPS) is 20.3. The lowest BCUT2D eigenvalue weighted by Gasteiger charge is -2.30. The maximum Gasteiger partial charge on any atom is 0.289 e. The first-order valence-electron chi connectivity index (χ1n) is 10.6. The highest BCUT2D eigenvalue weighted by Crippen LogP contribution is 2.27. The summed E-state index contributed by atoms with van der Waals surface area (Å²) in [6, 6.07) is 16.4. The van der Waals surface area contributed by atoms with Gasteiger partial charge in [-0.05, 0) is 61.4 Å². The fourth-order valence-electron chi connectivity index (χ4n) is 4.31. The van der Waals surface area contributed by atoms with Gasteiger partial charge in [0, 0.05) is 49.7 Å². The molecule has 3 aromatic rings. The number of rotatable bonds is 4. The van der Waals surface area contributed by atoms with E-state index in [4.69, 9.17) is 4.42 Å². The summed E-state index contributed by atoms with van der Waals surface area (Å²) in [4.78, 5) is 33.7. The van der Waals surface area contributed by atoms with Gasteiger partial charge in [0.1, 0.15) is 11.5 Å². The largest absolute Gasteiger partial charge is 0.451 e. The van der Waals surface area contributed by atoms with Crippen molar-refractivity contribution in [3.05, 3.63) is 72.2 Å². The molecule has 5 heterocycles. The smallest absolute Gasteiger partial charge is 0.289 e. The van der Waals surface area contributed by atoms with Gasteiger partial charge >= 0.3 is 0 Å². The first kappa shape index (κ1) is 19.5. The van der Waals surface area contributed by atoms with Gasteiger partial charge in [-0.2, -0.15) is 0 Å². The molecule has 3 aliphatic heterocycles. The van der Waals surface area contributed by atoms with Crippen molar-refractivity contribution in [1.82, 2.24) is 14.8 Å². The predicted molar refractivity (Wildman–Crippen MR) is 117 cm³/mol. The Balaban J connectivity index is 1.27. The van der Waals surface area contributed by atoms with Crippen molar-refractivity contribution >= 4 is 17.5 Å². The molecule has 1 aromatic carbocycles. The topological polar surface area (TPSA) is 78.7 Å². The van der Waals surface area contributed by atoms with Crippen LogP contribution in [0.15, 0.2) is 65.2 Å². The molecule has 3 aliphatic rings. The first-order chi connectivity index (χ1) is 15.2. The average Bonchev–Trinajstić information content (AvgIpc) is 3.12. The Morgan fingerprint density at radius 2 is 1.74 bits per heavy atom. The molecule has 0 unspecified atom stereocenters. The summed E-state index contributed by atoms with van der Waals surface area (Å²) in [5.74, 6) is 0.720. The minimum atomic E-state index is -0.262. The van der Waals surface area contributed by atoms with E-state index in [0.29, 0.717) is 28.9 Å². The second kappa shape index (κ2) is 8.35. The number of aromatic nitrogens is 1. The summed E-state index contributed by atoms with van der Waals surface area (Å²) < 4.78 is 5.92. The highest BCUT2D eigenvalue weighted by Gasteiger charge is 2.33. The Morgan fingerprint density at radius 3 is 2.48 bits per heavy atom. The molecule has 0 atom stereocenters. The molecule has 0 aliphatic carbocycles. The number of pyridine rings is 1. The monoisotopic (exact) mass is 416 g/mol. The summed E-state index contributed by atoms with van der Waals surface area (Å²) in [6.45, 7) is 3.83. The highest BCUT2D eigenvalue weighted by molar-refractivity contribution is 6.02. The molecule has 7 nitrogen and oxygen atoms in total. The number of amides is 2. The Hall–Kier alpha value is -3.45. The maximum atomic E-state index is 13.1. The summed E-state index contributed by atoms with van der Waals surface area (Å²) in [5, 5.41) is 2.83. The number of anilines is 1. The number of hydrogen-bond donors (Lipinski definition) is 1. The molecule has 1 N–H and O–H groups in total. The minimum absolute atomic E-state index is 0.0285. The van der Waals surface area contributed by atoms with Crippen LogP contribution in [0.2, 0.25) is 0 Å². The molecule has 2 aromatic heterocycles. The van der Waals surface area contributed by atoms with Gasteiger partial charge in [0.2, 0.25) is 0 Å². The molecule has 158 valence electrons. The van der Waals surface area contributed by atoms with Crippen LogP contribution in [0.4, 0.5) is 5.69 Å². The fourth-order valence-corrected chi connectivity index (χ4v) is 4.31. The van der Waals surface area contributed by atoms with Gasteiger partial charge in [0.15, 0.2) is 5.76 Å². The van der Waals surface area contributed by atoms with Crippen molar-refractivity contribution in [2.45, 2.75) is 18.9 Å². The molecule has 0 saturated carbocycles. The lowest BCUT2D eigenvalue weighted by molar-refractivity contribution is 0.0653. The Morgan fingerprint density at radius 1 is 0.935 bits per heavy atom. The van der Waals surface area contributed by atoms with Gasteiger partial charge in [-0.3, -0.25) is 14.6 Å². The van der Waals surface area contributed by atoms with Crippen molar-refractivity contribution in [2.75, 3.05) is 31.5 Å². The molecule has 0 radical (unpaired) electrons. The zero-order valence-electron chi connectivity index (χ0n) is 17.2. The first-order valence-corrected chi connectivity index (χ1v) is 10.6. The number of carbonyl (C=O) groups is 2. The Labute approximate surface area is 180 Å². The number of nitrogens with one attached hydrogen (secondary N) is 1. The zero-order valence-corrected chi connectivity index (χ0v) is 17.2. The van der Waals surface area contributed by atoms with Crippen molar-refractivity contribution < 1.29 is 14.0 Å². The third-order valence-electron chi connectivity index (χ3n) is 6.06. The molecule has 31 heavy (non-hydrogen) atoms. The second-order valence-corrected chi connectivity index (χ2v) is 7.98. The third kappa shape index (κ3) is 4.09. The van der Waals surface area contributed by atoms with Gasteiger partial charge in [-0.25, -0.2) is 0 Å². The van der Waals surface area contributed by atoms with E-state index in [2.05, 4.69) is 15.2 Å². The van der Waals surface area contributed by atoms with Crippen LogP contribution in [0.5, 0.6) is 0 Å². The van der Waals surface area contributed by atoms with Gasteiger partial charge in [0.05, 0.1) is 0 Å². The van der Waals surface area contributed by atoms with Crippen molar-refractivity contribution in [3.63, 3.8) is 0 Å². The van der Waals surface area contributed by atoms with Crippen LogP contribution in [0, 0.1) is 0 Å². The SMILES string of the molecule is O=C(Nc1ccc(-c2ccc(C(=O)N3CCN4CCC3CC4)o2)cc1)c1ccccn1. The number of carbonyl (C=O) groups excluding carboxylic acids is 2. The Bertz CT molecular complexity index is 1070. The summed E-state index contributed by atoms with van der Waals surface area (Å²) in [7, 11) is 0. The van der Waals surface area contributed by atoms with E-state index in [1.807, 2.05) is 35.2 Å². The van der Waals surface area contributed by atoms with E-state index < -0.39 is 0 Å². The van der Waals surface area contributed by atoms with E-state index in [0.717, 1.165) is 44.6 Å².